The zero-order chi connectivity index (χ0) is 49.8. The molecule has 0 spiro atoms. The lowest BCUT2D eigenvalue weighted by atomic mass is 9.87. The second-order valence-electron chi connectivity index (χ2n) is 19.0. The highest BCUT2D eigenvalue weighted by molar-refractivity contribution is 7.98. The fourth-order valence-electron chi connectivity index (χ4n) is 8.50. The van der Waals surface area contributed by atoms with E-state index in [2.05, 4.69) is 86.8 Å². The molecular weight excluding hydrogens is 966 g/mol. The van der Waals surface area contributed by atoms with Gasteiger partial charge in [0.25, 0.3) is 0 Å². The molecule has 6 aromatic heterocycles. The first-order valence-electron chi connectivity index (χ1n) is 22.7. The molecule has 0 atom stereocenters. The minimum absolute atomic E-state index is 0.0463. The van der Waals surface area contributed by atoms with Crippen molar-refractivity contribution in [2.24, 2.45) is 0 Å². The quantitative estimate of drug-likeness (QED) is 0.0723. The molecule has 11 nitrogen and oxygen atoms in total. The fourth-order valence-corrected chi connectivity index (χ4v) is 9.83. The van der Waals surface area contributed by atoms with E-state index in [1.807, 2.05) is 97.5 Å². The van der Waals surface area contributed by atoms with Gasteiger partial charge in [0, 0.05) is 38.8 Å². The second kappa shape index (κ2) is 18.9. The first-order chi connectivity index (χ1) is 34.1. The molecule has 9 aromatic rings. The van der Waals surface area contributed by atoms with Gasteiger partial charge in [0.1, 0.15) is 21.8 Å². The summed E-state index contributed by atoms with van der Waals surface area (Å²) in [4.78, 5) is 35.8. The van der Waals surface area contributed by atoms with Crippen molar-refractivity contribution in [3.63, 3.8) is 0 Å². The minimum atomic E-state index is -0.0483. The van der Waals surface area contributed by atoms with Crippen LogP contribution in [0.25, 0.3) is 78.6 Å². The summed E-state index contributed by atoms with van der Waals surface area (Å²) in [6, 6.07) is 37.7. The lowest BCUT2D eigenvalue weighted by molar-refractivity contribution is 0.456. The number of aromatic amines is 3. The third-order valence-corrected chi connectivity index (χ3v) is 13.9. The Morgan fingerprint density at radius 2 is 0.859 bits per heavy atom. The highest BCUT2D eigenvalue weighted by Gasteiger charge is 2.26. The van der Waals surface area contributed by atoms with Crippen LogP contribution in [0, 0.1) is 11.3 Å². The molecule has 0 unspecified atom stereocenters. The number of ether oxygens (including phenoxy) is 2. The smallest absolute Gasteiger partial charge is 0.232 e. The number of aromatic nitrogens is 8. The molecule has 10 rings (SSSR count). The SMILES string of the molecule is CSc1nc(Cl)c(-c2c3nc(c(-c4ccc(C#N)cc4)c4ccc([nH]4)c(-c4c(Cl)nc(SC)nc4Oc4ccc(C(C)(C)C)cc4)c4ccc([nH]4)c4ccc2[nH]4)C=C3)c(Oc2ccc(C(C)(C)C)cc2)n1. The van der Waals surface area contributed by atoms with Crippen LogP contribution in [0.1, 0.15) is 69.6 Å². The minimum Gasteiger partial charge on any atom is -0.438 e. The lowest BCUT2D eigenvalue weighted by Gasteiger charge is -2.19. The second-order valence-corrected chi connectivity index (χ2v) is 21.3. The third-order valence-electron chi connectivity index (χ3n) is 12.2. The van der Waals surface area contributed by atoms with Crippen molar-refractivity contribution >= 4 is 92.0 Å². The van der Waals surface area contributed by atoms with Gasteiger partial charge in [-0.15, -0.1) is 0 Å². The largest absolute Gasteiger partial charge is 0.438 e. The number of nitrogens with zero attached hydrogens (tertiary/aromatic N) is 6. The summed E-state index contributed by atoms with van der Waals surface area (Å²) < 4.78 is 13.4. The molecule has 1 aliphatic rings. The van der Waals surface area contributed by atoms with Gasteiger partial charge in [-0.1, -0.05) is 125 Å². The number of fused-ring (bicyclic) bond motifs is 9. The summed E-state index contributed by atoms with van der Waals surface area (Å²) in [7, 11) is 0. The zero-order valence-corrected chi connectivity index (χ0v) is 43.3. The first-order valence-corrected chi connectivity index (χ1v) is 25.9. The van der Waals surface area contributed by atoms with Crippen molar-refractivity contribution in [2.45, 2.75) is 62.7 Å². The van der Waals surface area contributed by atoms with Crippen LogP contribution in [0.3, 0.4) is 0 Å². The van der Waals surface area contributed by atoms with Gasteiger partial charge in [0.05, 0.1) is 45.2 Å². The van der Waals surface area contributed by atoms with Gasteiger partial charge in [0.15, 0.2) is 10.3 Å². The fraction of sp³-hybridized carbons (Fsp3) is 0.179. The molecule has 0 amide bonds. The number of benzene rings is 3. The van der Waals surface area contributed by atoms with Crippen LogP contribution in [0.15, 0.2) is 120 Å². The summed E-state index contributed by atoms with van der Waals surface area (Å²) >= 11 is 17.3. The first kappa shape index (κ1) is 47.6. The van der Waals surface area contributed by atoms with E-state index in [1.165, 1.54) is 34.7 Å². The predicted octanol–water partition coefficient (Wildman–Crippen LogP) is 16.1. The van der Waals surface area contributed by atoms with Gasteiger partial charge >= 0.3 is 0 Å². The van der Waals surface area contributed by atoms with Crippen molar-refractivity contribution in [1.29, 1.82) is 5.26 Å². The van der Waals surface area contributed by atoms with Crippen molar-refractivity contribution in [2.75, 3.05) is 12.5 Å². The summed E-state index contributed by atoms with van der Waals surface area (Å²) in [5.74, 6) is 1.74. The third kappa shape index (κ3) is 9.48. The number of thioether (sulfide) groups is 2. The van der Waals surface area contributed by atoms with Crippen LogP contribution in [0.2, 0.25) is 10.3 Å². The molecule has 3 aromatic carbocycles. The molecule has 0 aliphatic carbocycles. The Bertz CT molecular complexity index is 3730. The predicted molar refractivity (Wildman–Crippen MR) is 291 cm³/mol. The van der Waals surface area contributed by atoms with E-state index >= 15 is 0 Å². The number of nitriles is 1. The van der Waals surface area contributed by atoms with Gasteiger partial charge in [-0.2, -0.15) is 15.2 Å². The van der Waals surface area contributed by atoms with Gasteiger partial charge < -0.3 is 24.4 Å². The van der Waals surface area contributed by atoms with E-state index in [0.717, 1.165) is 27.7 Å². The van der Waals surface area contributed by atoms with Crippen LogP contribution in [0.5, 0.6) is 23.3 Å². The van der Waals surface area contributed by atoms with Gasteiger partial charge in [-0.25, -0.2) is 15.0 Å². The van der Waals surface area contributed by atoms with E-state index in [0.29, 0.717) is 77.6 Å². The highest BCUT2D eigenvalue weighted by atomic mass is 35.5. The molecule has 1 aliphatic heterocycles. The number of nitrogens with one attached hydrogen (secondary N) is 3. The zero-order valence-electron chi connectivity index (χ0n) is 40.1. The van der Waals surface area contributed by atoms with Crippen LogP contribution >= 0.6 is 46.7 Å². The highest BCUT2D eigenvalue weighted by Crippen LogP contribution is 2.45. The van der Waals surface area contributed by atoms with Gasteiger partial charge in [0.2, 0.25) is 11.8 Å². The normalized spacial score (nSPS) is 12.1. The lowest BCUT2D eigenvalue weighted by Crippen LogP contribution is -2.10. The van der Waals surface area contributed by atoms with E-state index in [-0.39, 0.29) is 32.9 Å². The summed E-state index contributed by atoms with van der Waals surface area (Å²) in [6.45, 7) is 13.0. The molecule has 354 valence electrons. The molecule has 7 heterocycles. The summed E-state index contributed by atoms with van der Waals surface area (Å²) in [5.41, 5.74) is 12.2. The maximum absolute atomic E-state index is 9.81. The van der Waals surface area contributed by atoms with Crippen LogP contribution in [-0.2, 0) is 10.8 Å². The van der Waals surface area contributed by atoms with Crippen molar-refractivity contribution in [3.05, 3.63) is 148 Å². The monoisotopic (exact) mass is 1010 g/mol. The van der Waals surface area contributed by atoms with E-state index < -0.39 is 0 Å². The number of hydrogen-bond acceptors (Lipinski definition) is 10. The van der Waals surface area contributed by atoms with Gasteiger partial charge in [-0.3, -0.25) is 0 Å². The van der Waals surface area contributed by atoms with E-state index in [4.69, 9.17) is 57.6 Å². The van der Waals surface area contributed by atoms with E-state index in [1.54, 1.807) is 12.1 Å². The van der Waals surface area contributed by atoms with Crippen LogP contribution in [0.4, 0.5) is 0 Å². The average molecular weight is 1010 g/mol. The number of halogens is 2. The molecule has 8 bridgehead atoms. The Balaban J connectivity index is 1.27. The molecule has 71 heavy (non-hydrogen) atoms. The molecule has 3 N–H and O–H groups in total. The Hall–Kier alpha value is -7.08. The Labute approximate surface area is 429 Å². The molecule has 0 saturated heterocycles. The van der Waals surface area contributed by atoms with Crippen LogP contribution < -0.4 is 9.47 Å². The van der Waals surface area contributed by atoms with Crippen molar-refractivity contribution < 1.29 is 9.47 Å². The molecular formula is C56H47Cl2N9O2S2. The summed E-state index contributed by atoms with van der Waals surface area (Å²) in [6.07, 6.45) is 7.72. The number of rotatable bonds is 9. The molecule has 0 saturated carbocycles. The maximum atomic E-state index is 9.81. The molecule has 0 radical (unpaired) electrons. The van der Waals surface area contributed by atoms with Crippen molar-refractivity contribution in [3.8, 4) is 62.7 Å². The number of H-pyrrole nitrogens is 3. The van der Waals surface area contributed by atoms with E-state index in [9.17, 15) is 5.26 Å². The standard InChI is InChI=1S/C56H47Cl2N9O2S2/c1-55(2,3)32-13-17-34(18-14-32)68-51-47(49(57)64-53(66-51)70-7)45-40-23-21-36(60-40)37-22-24-41(61-37)46(48-50(58)65-54(71-8)67-52(48)69-35-19-15-33(16-20-35)56(4,5)6)43-28-26-39(63-43)44(38-25-27-42(45)62-38)31-11-9-30(29-59)10-12-31/h9-28,60-62H,1-8H3. The van der Waals surface area contributed by atoms with Gasteiger partial charge in [-0.05, 0) is 125 Å². The Kier molecular flexibility index (Phi) is 12.7. The summed E-state index contributed by atoms with van der Waals surface area (Å²) in [5, 5.41) is 11.1. The number of hydrogen-bond donors (Lipinski definition) is 3. The maximum Gasteiger partial charge on any atom is 0.232 e. The topological polar surface area (TPSA) is 154 Å². The average Bonchev–Trinajstić information content (AvgIpc) is 4.20. The Morgan fingerprint density at radius 1 is 0.465 bits per heavy atom. The Morgan fingerprint density at radius 3 is 1.30 bits per heavy atom. The molecule has 0 fully saturated rings. The van der Waals surface area contributed by atoms with Crippen molar-refractivity contribution in [1.82, 2.24) is 39.9 Å². The van der Waals surface area contributed by atoms with Crippen LogP contribution in [-0.4, -0.2) is 52.4 Å². The molecule has 15 heteroatoms.